The smallest absolute Gasteiger partial charge is 0.321 e. The highest BCUT2D eigenvalue weighted by atomic mass is 16.2. The Morgan fingerprint density at radius 3 is 2.39 bits per heavy atom. The number of rotatable bonds is 3. The summed E-state index contributed by atoms with van der Waals surface area (Å²) in [7, 11) is 0. The molecule has 4 rings (SSSR count). The summed E-state index contributed by atoms with van der Waals surface area (Å²) in [6.45, 7) is 3.59. The first-order valence-electron chi connectivity index (χ1n) is 10.1. The van der Waals surface area contributed by atoms with Gasteiger partial charge in [0.25, 0.3) is 0 Å². The van der Waals surface area contributed by atoms with Crippen LogP contribution in [0.4, 0.5) is 21.0 Å². The van der Waals surface area contributed by atoms with E-state index in [-0.39, 0.29) is 24.0 Å². The quantitative estimate of drug-likeness (QED) is 0.837. The maximum atomic E-state index is 12.6. The lowest BCUT2D eigenvalue weighted by Crippen LogP contribution is -2.55. The van der Waals surface area contributed by atoms with Gasteiger partial charge in [-0.3, -0.25) is 4.79 Å². The molecule has 0 spiro atoms. The molecule has 0 saturated carbocycles. The standard InChI is InChI=1S/C20H27N5O3/c26-18-3-1-11-24(18)16-6-4-15(5-7-16)22-20(28)23-13-8-17(9-14-23)25-12-2-10-21-19(25)27/h4-7,17H,1-3,8-14H2,(H,21,27)(H,22,28). The fraction of sp³-hybridized carbons (Fsp3) is 0.550. The summed E-state index contributed by atoms with van der Waals surface area (Å²) in [4.78, 5) is 41.9. The largest absolute Gasteiger partial charge is 0.338 e. The summed E-state index contributed by atoms with van der Waals surface area (Å²) in [6, 6.07) is 7.53. The first-order valence-corrected chi connectivity index (χ1v) is 10.1. The molecule has 3 heterocycles. The van der Waals surface area contributed by atoms with Crippen LogP contribution < -0.4 is 15.5 Å². The minimum absolute atomic E-state index is 0.0192. The number of hydrogen-bond acceptors (Lipinski definition) is 3. The van der Waals surface area contributed by atoms with Gasteiger partial charge in [0.2, 0.25) is 5.91 Å². The number of hydrogen-bond donors (Lipinski definition) is 2. The van der Waals surface area contributed by atoms with Gasteiger partial charge in [-0.15, -0.1) is 0 Å². The van der Waals surface area contributed by atoms with Crippen LogP contribution in [0, 0.1) is 0 Å². The van der Waals surface area contributed by atoms with Crippen LogP contribution in [0.3, 0.4) is 0 Å². The van der Waals surface area contributed by atoms with E-state index < -0.39 is 0 Å². The monoisotopic (exact) mass is 385 g/mol. The Morgan fingerprint density at radius 2 is 1.75 bits per heavy atom. The molecule has 3 aliphatic rings. The average Bonchev–Trinajstić information content (AvgIpc) is 3.15. The van der Waals surface area contributed by atoms with Crippen molar-refractivity contribution in [1.82, 2.24) is 15.1 Å². The van der Waals surface area contributed by atoms with E-state index in [0.717, 1.165) is 56.7 Å². The normalized spacial score (nSPS) is 21.1. The van der Waals surface area contributed by atoms with Crippen LogP contribution in [0.2, 0.25) is 0 Å². The molecule has 0 atom stereocenters. The highest BCUT2D eigenvalue weighted by molar-refractivity contribution is 5.96. The van der Waals surface area contributed by atoms with Gasteiger partial charge in [0, 0.05) is 56.6 Å². The second-order valence-electron chi connectivity index (χ2n) is 7.62. The fourth-order valence-corrected chi connectivity index (χ4v) is 4.23. The van der Waals surface area contributed by atoms with Gasteiger partial charge in [0.1, 0.15) is 0 Å². The van der Waals surface area contributed by atoms with Crippen molar-refractivity contribution in [1.29, 1.82) is 0 Å². The Morgan fingerprint density at radius 1 is 1.00 bits per heavy atom. The number of urea groups is 2. The van der Waals surface area contributed by atoms with Gasteiger partial charge in [-0.05, 0) is 49.9 Å². The van der Waals surface area contributed by atoms with Crippen LogP contribution in [-0.4, -0.2) is 66.5 Å². The summed E-state index contributed by atoms with van der Waals surface area (Å²) in [5.74, 6) is 0.155. The van der Waals surface area contributed by atoms with Crippen molar-refractivity contribution in [3.8, 4) is 0 Å². The molecule has 0 radical (unpaired) electrons. The molecule has 150 valence electrons. The second kappa shape index (κ2) is 8.08. The zero-order chi connectivity index (χ0) is 19.5. The summed E-state index contributed by atoms with van der Waals surface area (Å²) in [6.07, 6.45) is 4.08. The Balaban J connectivity index is 1.28. The number of carbonyl (C=O) groups is 3. The van der Waals surface area contributed by atoms with Crippen LogP contribution in [0.15, 0.2) is 24.3 Å². The van der Waals surface area contributed by atoms with Crippen molar-refractivity contribution in [2.24, 2.45) is 0 Å². The molecular formula is C20H27N5O3. The summed E-state index contributed by atoms with van der Waals surface area (Å²) in [5, 5.41) is 5.83. The molecule has 8 heteroatoms. The number of benzene rings is 1. The number of amides is 5. The Hall–Kier alpha value is -2.77. The van der Waals surface area contributed by atoms with E-state index in [9.17, 15) is 14.4 Å². The lowest BCUT2D eigenvalue weighted by molar-refractivity contribution is -0.117. The molecule has 5 amide bonds. The zero-order valence-electron chi connectivity index (χ0n) is 16.0. The highest BCUT2D eigenvalue weighted by Crippen LogP contribution is 2.24. The molecule has 1 aromatic carbocycles. The molecule has 8 nitrogen and oxygen atoms in total. The van der Waals surface area contributed by atoms with E-state index in [1.165, 1.54) is 0 Å². The molecule has 0 aliphatic carbocycles. The van der Waals surface area contributed by atoms with Crippen molar-refractivity contribution >= 4 is 29.3 Å². The van der Waals surface area contributed by atoms with E-state index in [4.69, 9.17) is 0 Å². The number of piperidine rings is 1. The van der Waals surface area contributed by atoms with E-state index >= 15 is 0 Å². The van der Waals surface area contributed by atoms with Gasteiger partial charge in [-0.2, -0.15) is 0 Å². The average molecular weight is 385 g/mol. The van der Waals surface area contributed by atoms with E-state index in [0.29, 0.717) is 19.5 Å². The van der Waals surface area contributed by atoms with Crippen molar-refractivity contribution in [3.63, 3.8) is 0 Å². The van der Waals surface area contributed by atoms with Gasteiger partial charge in [0.05, 0.1) is 0 Å². The number of likely N-dealkylation sites (tertiary alicyclic amines) is 1. The number of carbonyl (C=O) groups excluding carboxylic acids is 3. The SMILES string of the molecule is O=C(Nc1ccc(N2CCCC2=O)cc1)N1CCC(N2CCCNC2=O)CC1. The molecule has 0 aromatic heterocycles. The highest BCUT2D eigenvalue weighted by Gasteiger charge is 2.30. The summed E-state index contributed by atoms with van der Waals surface area (Å²) in [5.41, 5.74) is 1.60. The van der Waals surface area contributed by atoms with Crippen molar-refractivity contribution in [3.05, 3.63) is 24.3 Å². The second-order valence-corrected chi connectivity index (χ2v) is 7.62. The topological polar surface area (TPSA) is 85.0 Å². The van der Waals surface area contributed by atoms with Gasteiger partial charge in [0.15, 0.2) is 0 Å². The number of nitrogens with zero attached hydrogens (tertiary/aromatic N) is 3. The van der Waals surface area contributed by atoms with Gasteiger partial charge in [-0.1, -0.05) is 0 Å². The molecule has 0 unspecified atom stereocenters. The molecule has 3 aliphatic heterocycles. The van der Waals surface area contributed by atoms with Crippen LogP contribution >= 0.6 is 0 Å². The lowest BCUT2D eigenvalue weighted by Gasteiger charge is -2.40. The maximum absolute atomic E-state index is 12.6. The first-order chi connectivity index (χ1) is 13.6. The van der Waals surface area contributed by atoms with Crippen molar-refractivity contribution in [2.75, 3.05) is 42.9 Å². The minimum Gasteiger partial charge on any atom is -0.338 e. The molecular weight excluding hydrogens is 358 g/mol. The van der Waals surface area contributed by atoms with Gasteiger partial charge < -0.3 is 25.3 Å². The third-order valence-corrected chi connectivity index (χ3v) is 5.81. The molecule has 28 heavy (non-hydrogen) atoms. The van der Waals surface area contributed by atoms with E-state index in [1.54, 1.807) is 9.80 Å². The predicted octanol–water partition coefficient (Wildman–Crippen LogP) is 2.22. The number of nitrogens with one attached hydrogen (secondary N) is 2. The van der Waals surface area contributed by atoms with Crippen LogP contribution in [0.25, 0.3) is 0 Å². The van der Waals surface area contributed by atoms with E-state index in [2.05, 4.69) is 10.6 Å². The third kappa shape index (κ3) is 3.90. The van der Waals surface area contributed by atoms with Gasteiger partial charge >= 0.3 is 12.1 Å². The molecule has 1 aromatic rings. The zero-order valence-corrected chi connectivity index (χ0v) is 16.0. The third-order valence-electron chi connectivity index (χ3n) is 5.81. The van der Waals surface area contributed by atoms with Crippen molar-refractivity contribution < 1.29 is 14.4 Å². The summed E-state index contributed by atoms with van der Waals surface area (Å²) < 4.78 is 0. The fourth-order valence-electron chi connectivity index (χ4n) is 4.23. The van der Waals surface area contributed by atoms with Crippen LogP contribution in [-0.2, 0) is 4.79 Å². The van der Waals surface area contributed by atoms with Crippen LogP contribution in [0.5, 0.6) is 0 Å². The van der Waals surface area contributed by atoms with Crippen LogP contribution in [0.1, 0.15) is 32.1 Å². The lowest BCUT2D eigenvalue weighted by atomic mass is 10.0. The molecule has 0 bridgehead atoms. The maximum Gasteiger partial charge on any atom is 0.321 e. The Kier molecular flexibility index (Phi) is 5.36. The number of anilines is 2. The molecule has 3 saturated heterocycles. The van der Waals surface area contributed by atoms with Gasteiger partial charge in [-0.25, -0.2) is 9.59 Å². The Bertz CT molecular complexity index is 743. The Labute approximate surface area is 164 Å². The first kappa shape index (κ1) is 18.6. The van der Waals surface area contributed by atoms with Crippen molar-refractivity contribution in [2.45, 2.75) is 38.1 Å². The predicted molar refractivity (Wildman–Crippen MR) is 106 cm³/mol. The minimum atomic E-state index is -0.119. The molecule has 3 fully saturated rings. The molecule has 2 N–H and O–H groups in total. The van der Waals surface area contributed by atoms with E-state index in [1.807, 2.05) is 29.2 Å². The summed E-state index contributed by atoms with van der Waals surface area (Å²) >= 11 is 0.